The lowest BCUT2D eigenvalue weighted by Crippen LogP contribution is -2.60. The van der Waals surface area contributed by atoms with Crippen molar-refractivity contribution >= 4 is 17.6 Å². The Labute approximate surface area is 259 Å². The topological polar surface area (TPSA) is 26.3 Å². The molecular formula is C39H51ClO2. The molecule has 6 unspecified atom stereocenters. The van der Waals surface area contributed by atoms with Crippen LogP contribution in [0.1, 0.15) is 109 Å². The largest absolute Gasteiger partial charge is 0.462 e. The number of hydrogen-bond donors (Lipinski definition) is 0. The molecule has 4 aliphatic rings. The summed E-state index contributed by atoms with van der Waals surface area (Å²) in [5.74, 6) is 3.92. The van der Waals surface area contributed by atoms with Crippen LogP contribution in [0.2, 0.25) is 0 Å². The van der Waals surface area contributed by atoms with Gasteiger partial charge in [0.2, 0.25) is 0 Å². The van der Waals surface area contributed by atoms with Gasteiger partial charge < -0.3 is 4.74 Å². The Morgan fingerprint density at radius 1 is 0.905 bits per heavy atom. The molecule has 2 aromatic rings. The van der Waals surface area contributed by atoms with Gasteiger partial charge in [0.1, 0.15) is 6.10 Å². The fourth-order valence-electron chi connectivity index (χ4n) is 10.8. The molecule has 4 fully saturated rings. The van der Waals surface area contributed by atoms with Crippen LogP contribution in [0.3, 0.4) is 0 Å². The smallest absolute Gasteiger partial charge is 0.302 e. The Morgan fingerprint density at radius 3 is 2.21 bits per heavy atom. The summed E-state index contributed by atoms with van der Waals surface area (Å²) in [6, 6.07) is 21.9. The molecule has 0 amide bonds. The molecule has 9 atom stereocenters. The molecule has 0 N–H and O–H groups in total. The number of esters is 1. The number of halogens is 1. The molecule has 2 nitrogen and oxygen atoms in total. The minimum absolute atomic E-state index is 0.00775. The van der Waals surface area contributed by atoms with E-state index in [0.717, 1.165) is 49.9 Å². The number of allylic oxidation sites excluding steroid dienone is 2. The highest BCUT2D eigenvalue weighted by Gasteiger charge is 2.64. The molecular weight excluding hydrogens is 536 g/mol. The van der Waals surface area contributed by atoms with Gasteiger partial charge in [-0.1, -0.05) is 93.6 Å². The molecule has 6 rings (SSSR count). The second-order valence-electron chi connectivity index (χ2n) is 14.9. The second kappa shape index (κ2) is 11.8. The van der Waals surface area contributed by atoms with Crippen molar-refractivity contribution in [2.75, 3.05) is 0 Å². The average Bonchev–Trinajstić information content (AvgIpc) is 3.34. The van der Waals surface area contributed by atoms with Gasteiger partial charge in [0.15, 0.2) is 0 Å². The highest BCUT2D eigenvalue weighted by molar-refractivity contribution is 6.24. The summed E-state index contributed by atoms with van der Waals surface area (Å²) in [7, 11) is 0. The van der Waals surface area contributed by atoms with Crippen LogP contribution in [-0.4, -0.2) is 16.9 Å². The molecule has 2 aromatic carbocycles. The van der Waals surface area contributed by atoms with E-state index < -0.39 is 0 Å². The highest BCUT2D eigenvalue weighted by Crippen LogP contribution is 2.70. The number of alkyl halides is 1. The molecule has 42 heavy (non-hydrogen) atoms. The van der Waals surface area contributed by atoms with Crippen molar-refractivity contribution in [2.24, 2.45) is 40.4 Å². The third kappa shape index (κ3) is 5.29. The number of rotatable bonds is 7. The van der Waals surface area contributed by atoms with Gasteiger partial charge in [0.25, 0.3) is 0 Å². The maximum Gasteiger partial charge on any atom is 0.302 e. The third-order valence-corrected chi connectivity index (χ3v) is 13.7. The summed E-state index contributed by atoms with van der Waals surface area (Å²) in [6.45, 7) is 9.22. The molecule has 0 radical (unpaired) electrons. The summed E-state index contributed by atoms with van der Waals surface area (Å²) in [4.78, 5) is 11.5. The number of carbonyl (C=O) groups excluding carboxylic acids is 1. The monoisotopic (exact) mass is 586 g/mol. The predicted octanol–water partition coefficient (Wildman–Crippen LogP) is 10.4. The van der Waals surface area contributed by atoms with Gasteiger partial charge in [-0.25, -0.2) is 0 Å². The molecule has 0 aromatic heterocycles. The van der Waals surface area contributed by atoms with Crippen LogP contribution in [0.4, 0.5) is 0 Å². The van der Waals surface area contributed by atoms with Crippen molar-refractivity contribution in [3.05, 3.63) is 83.9 Å². The van der Waals surface area contributed by atoms with Gasteiger partial charge >= 0.3 is 5.97 Å². The fourth-order valence-corrected chi connectivity index (χ4v) is 11.3. The summed E-state index contributed by atoms with van der Waals surface area (Å²) in [5, 5.41) is 0. The molecule has 0 spiro atoms. The van der Waals surface area contributed by atoms with Crippen molar-refractivity contribution in [1.82, 2.24) is 0 Å². The summed E-state index contributed by atoms with van der Waals surface area (Å²) >= 11 is 7.55. The maximum atomic E-state index is 11.7. The minimum atomic E-state index is -0.232. The fraction of sp³-hybridized carbons (Fsp3) is 0.615. The van der Waals surface area contributed by atoms with Crippen molar-refractivity contribution < 1.29 is 9.53 Å². The van der Waals surface area contributed by atoms with Crippen LogP contribution in [0.15, 0.2) is 72.8 Å². The van der Waals surface area contributed by atoms with Gasteiger partial charge in [-0.05, 0) is 109 Å². The first-order chi connectivity index (χ1) is 20.1. The van der Waals surface area contributed by atoms with Crippen LogP contribution >= 0.6 is 11.6 Å². The van der Waals surface area contributed by atoms with E-state index in [1.807, 2.05) is 0 Å². The molecule has 0 aliphatic heterocycles. The zero-order valence-corrected chi connectivity index (χ0v) is 27.0. The van der Waals surface area contributed by atoms with Crippen LogP contribution in [-0.2, 0) is 9.53 Å². The number of fused-ring (bicyclic) bond motifs is 5. The number of carbonyl (C=O) groups is 1. The first-order valence-corrected chi connectivity index (χ1v) is 17.1. The first kappa shape index (κ1) is 30.0. The van der Waals surface area contributed by atoms with Gasteiger partial charge in [-0.3, -0.25) is 4.79 Å². The van der Waals surface area contributed by atoms with Crippen LogP contribution in [0.25, 0.3) is 0 Å². The van der Waals surface area contributed by atoms with Gasteiger partial charge in [0.05, 0.1) is 4.87 Å². The lowest BCUT2D eigenvalue weighted by Gasteiger charge is -2.64. The van der Waals surface area contributed by atoms with Crippen molar-refractivity contribution in [3.63, 3.8) is 0 Å². The molecule has 0 bridgehead atoms. The average molecular weight is 587 g/mol. The Balaban J connectivity index is 1.15. The molecule has 0 saturated heterocycles. The van der Waals surface area contributed by atoms with E-state index in [4.69, 9.17) is 16.3 Å². The van der Waals surface area contributed by atoms with E-state index in [1.165, 1.54) is 50.2 Å². The van der Waals surface area contributed by atoms with E-state index in [2.05, 4.69) is 93.6 Å². The highest BCUT2D eigenvalue weighted by atomic mass is 35.5. The quantitative estimate of drug-likeness (QED) is 0.183. The number of hydrogen-bond acceptors (Lipinski definition) is 2. The molecule has 0 heterocycles. The van der Waals surface area contributed by atoms with Crippen molar-refractivity contribution in [1.29, 1.82) is 0 Å². The Hall–Kier alpha value is -2.06. The van der Waals surface area contributed by atoms with Gasteiger partial charge in [0, 0.05) is 19.3 Å². The molecule has 4 saturated carbocycles. The van der Waals surface area contributed by atoms with Gasteiger partial charge in [-0.2, -0.15) is 0 Å². The van der Waals surface area contributed by atoms with Crippen LogP contribution < -0.4 is 0 Å². The van der Waals surface area contributed by atoms with Crippen molar-refractivity contribution in [2.45, 2.75) is 109 Å². The summed E-state index contributed by atoms with van der Waals surface area (Å²) < 4.78 is 5.68. The molecule has 4 aliphatic carbocycles. The SMILES string of the molecule is CC(=O)OC1CC[C@]2(C)C3CC[C@]4(C)C(C(C)C/C=C/C(c5ccccc5)c5ccccc5)CCC4C3CC[C@@]2(Cl)C1. The Morgan fingerprint density at radius 2 is 1.57 bits per heavy atom. The lowest BCUT2D eigenvalue weighted by molar-refractivity contribution is -0.157. The van der Waals surface area contributed by atoms with E-state index in [0.29, 0.717) is 23.2 Å². The zero-order valence-electron chi connectivity index (χ0n) is 26.2. The third-order valence-electron chi connectivity index (χ3n) is 12.9. The van der Waals surface area contributed by atoms with Crippen LogP contribution in [0.5, 0.6) is 0 Å². The van der Waals surface area contributed by atoms with E-state index in [-0.39, 0.29) is 22.4 Å². The minimum Gasteiger partial charge on any atom is -0.462 e. The predicted molar refractivity (Wildman–Crippen MR) is 174 cm³/mol. The maximum absolute atomic E-state index is 11.7. The Kier molecular flexibility index (Phi) is 8.42. The Bertz CT molecular complexity index is 1220. The number of benzene rings is 2. The van der Waals surface area contributed by atoms with E-state index >= 15 is 0 Å². The zero-order chi connectivity index (χ0) is 29.5. The summed E-state index contributed by atoms with van der Waals surface area (Å²) in [5.41, 5.74) is 3.31. The van der Waals surface area contributed by atoms with E-state index in [1.54, 1.807) is 0 Å². The van der Waals surface area contributed by atoms with Crippen LogP contribution in [0, 0.1) is 40.4 Å². The molecule has 3 heteroatoms. The standard InChI is InChI=1S/C39H51ClO2/c1-27(12-11-17-32(29-13-7-5-8-14-29)30-15-9-6-10-16-30)34-18-19-35-33-21-25-39(40)26-31(42-28(2)41)20-24-38(39,4)36(33)22-23-37(34,35)3/h5-11,13-17,27,31-36H,12,18-26H2,1-4H3/b17-11+/t27?,31?,33?,34?,35?,36?,37-,38-,39-/m1/s1. The number of ether oxygens (including phenoxy) is 1. The summed E-state index contributed by atoms with van der Waals surface area (Å²) in [6.07, 6.45) is 16.7. The molecule has 226 valence electrons. The van der Waals surface area contributed by atoms with Gasteiger partial charge in [-0.15, -0.1) is 11.6 Å². The normalized spacial score (nSPS) is 38.5. The van der Waals surface area contributed by atoms with E-state index in [9.17, 15) is 4.79 Å². The second-order valence-corrected chi connectivity index (χ2v) is 15.7. The lowest BCUT2D eigenvalue weighted by atomic mass is 9.44. The first-order valence-electron chi connectivity index (χ1n) is 16.8. The van der Waals surface area contributed by atoms with Crippen molar-refractivity contribution in [3.8, 4) is 0 Å².